The first-order valence-electron chi connectivity index (χ1n) is 8.71. The van der Waals surface area contributed by atoms with Crippen molar-refractivity contribution in [1.82, 2.24) is 25.2 Å². The van der Waals surface area contributed by atoms with Gasteiger partial charge in [-0.15, -0.1) is 35.3 Å². The van der Waals surface area contributed by atoms with E-state index >= 15 is 0 Å². The number of hydrogen-bond donors (Lipinski definition) is 2. The molecule has 0 aromatic carbocycles. The summed E-state index contributed by atoms with van der Waals surface area (Å²) in [7, 11) is 4.01. The molecule has 0 spiro atoms. The van der Waals surface area contributed by atoms with Gasteiger partial charge in [0.15, 0.2) is 11.1 Å². The van der Waals surface area contributed by atoms with Crippen molar-refractivity contribution >= 4 is 46.4 Å². The summed E-state index contributed by atoms with van der Waals surface area (Å²) in [5.74, 6) is 1.92. The van der Waals surface area contributed by atoms with Gasteiger partial charge in [-0.1, -0.05) is 0 Å². The lowest BCUT2D eigenvalue weighted by molar-refractivity contribution is 0.588. The number of rotatable bonds is 9. The van der Waals surface area contributed by atoms with Gasteiger partial charge in [0, 0.05) is 51.5 Å². The van der Waals surface area contributed by atoms with E-state index in [1.54, 1.807) is 11.3 Å². The summed E-state index contributed by atoms with van der Waals surface area (Å²) in [6.07, 6.45) is 6.08. The molecule has 7 nitrogen and oxygen atoms in total. The number of imidazole rings is 1. The number of nitrogens with one attached hydrogen (secondary N) is 2. The predicted molar refractivity (Wildman–Crippen MR) is 121 cm³/mol. The van der Waals surface area contributed by atoms with Crippen molar-refractivity contribution in [2.45, 2.75) is 39.8 Å². The third-order valence-electron chi connectivity index (χ3n) is 3.71. The maximum atomic E-state index is 4.62. The van der Waals surface area contributed by atoms with E-state index in [0.29, 0.717) is 6.54 Å². The van der Waals surface area contributed by atoms with Crippen LogP contribution in [0.5, 0.6) is 0 Å². The normalized spacial score (nSPS) is 11.2. The lowest BCUT2D eigenvalue weighted by atomic mass is 10.3. The van der Waals surface area contributed by atoms with E-state index in [2.05, 4.69) is 42.5 Å². The number of halogens is 1. The number of aliphatic imine (C=N–C) groups is 1. The van der Waals surface area contributed by atoms with E-state index in [1.165, 1.54) is 0 Å². The molecule has 146 valence electrons. The van der Waals surface area contributed by atoms with Crippen molar-refractivity contribution in [2.24, 2.45) is 4.99 Å². The third-order valence-corrected chi connectivity index (χ3v) is 4.76. The van der Waals surface area contributed by atoms with Gasteiger partial charge >= 0.3 is 0 Å². The van der Waals surface area contributed by atoms with Crippen LogP contribution in [0, 0.1) is 6.92 Å². The minimum atomic E-state index is 0. The smallest absolute Gasteiger partial charge is 0.191 e. The fraction of sp³-hybridized carbons (Fsp3) is 0.588. The molecule has 2 aromatic rings. The highest BCUT2D eigenvalue weighted by atomic mass is 127. The molecule has 0 unspecified atom stereocenters. The standard InChI is InChI=1S/C17H29N7S.HI/c1-5-18-16(21-12-15-13-25-17(22-15)23(3)4)20-8-6-7-10-24-11-9-19-14(24)2;/h9,11,13H,5-8,10,12H2,1-4H3,(H2,18,20,21);1H. The van der Waals surface area contributed by atoms with Crippen molar-refractivity contribution in [3.05, 3.63) is 29.3 Å². The molecule has 9 heteroatoms. The predicted octanol–water partition coefficient (Wildman–Crippen LogP) is 2.87. The Bertz CT molecular complexity index is 666. The minimum Gasteiger partial charge on any atom is -0.357 e. The first kappa shape index (κ1) is 22.7. The van der Waals surface area contributed by atoms with Crippen LogP contribution in [0.3, 0.4) is 0 Å². The highest BCUT2D eigenvalue weighted by Gasteiger charge is 2.04. The average molecular weight is 491 g/mol. The Morgan fingerprint density at radius 2 is 2.12 bits per heavy atom. The maximum absolute atomic E-state index is 4.62. The summed E-state index contributed by atoms with van der Waals surface area (Å²) >= 11 is 1.64. The first-order chi connectivity index (χ1) is 12.1. The van der Waals surface area contributed by atoms with E-state index < -0.39 is 0 Å². The van der Waals surface area contributed by atoms with Crippen molar-refractivity contribution < 1.29 is 0 Å². The molecule has 0 bridgehead atoms. The maximum Gasteiger partial charge on any atom is 0.191 e. The van der Waals surface area contributed by atoms with E-state index in [1.807, 2.05) is 38.3 Å². The van der Waals surface area contributed by atoms with E-state index in [0.717, 1.165) is 55.1 Å². The second-order valence-electron chi connectivity index (χ2n) is 6.01. The van der Waals surface area contributed by atoms with Crippen molar-refractivity contribution in [3.63, 3.8) is 0 Å². The molecule has 0 aliphatic rings. The monoisotopic (exact) mass is 491 g/mol. The average Bonchev–Trinajstić information content (AvgIpc) is 3.21. The Morgan fingerprint density at radius 1 is 1.31 bits per heavy atom. The molecule has 26 heavy (non-hydrogen) atoms. The topological polar surface area (TPSA) is 70.4 Å². The Hall–Kier alpha value is -1.36. The Kier molecular flexibility index (Phi) is 10.6. The second-order valence-corrected chi connectivity index (χ2v) is 6.85. The number of anilines is 1. The second kappa shape index (κ2) is 12.1. The lowest BCUT2D eigenvalue weighted by Crippen LogP contribution is -2.37. The largest absolute Gasteiger partial charge is 0.357 e. The molecule has 0 radical (unpaired) electrons. The number of thiazole rings is 1. The van der Waals surface area contributed by atoms with Gasteiger partial charge in [0.1, 0.15) is 5.82 Å². The van der Waals surface area contributed by atoms with Gasteiger partial charge in [0.2, 0.25) is 0 Å². The summed E-state index contributed by atoms with van der Waals surface area (Å²) in [6, 6.07) is 0. The highest BCUT2D eigenvalue weighted by molar-refractivity contribution is 14.0. The number of aromatic nitrogens is 3. The summed E-state index contributed by atoms with van der Waals surface area (Å²) in [5, 5.41) is 9.76. The molecular formula is C17H30IN7S. The Balaban J connectivity index is 0.00000338. The van der Waals surface area contributed by atoms with Crippen LogP contribution in [0.25, 0.3) is 0 Å². The summed E-state index contributed by atoms with van der Waals surface area (Å²) < 4.78 is 2.18. The molecule has 2 rings (SSSR count). The quantitative estimate of drug-likeness (QED) is 0.244. The van der Waals surface area contributed by atoms with Crippen LogP contribution in [-0.4, -0.2) is 47.7 Å². The third kappa shape index (κ3) is 7.48. The molecule has 2 N–H and O–H groups in total. The zero-order valence-corrected chi connectivity index (χ0v) is 19.2. The molecule has 2 heterocycles. The zero-order chi connectivity index (χ0) is 18.1. The molecule has 0 aliphatic carbocycles. The highest BCUT2D eigenvalue weighted by Crippen LogP contribution is 2.18. The van der Waals surface area contributed by atoms with E-state index in [9.17, 15) is 0 Å². The molecule has 0 atom stereocenters. The van der Waals surface area contributed by atoms with Gasteiger partial charge in [-0.2, -0.15) is 0 Å². The summed E-state index contributed by atoms with van der Waals surface area (Å²) in [6.45, 7) is 7.46. The number of guanidine groups is 1. The van der Waals surface area contributed by atoms with Crippen LogP contribution in [0.4, 0.5) is 5.13 Å². The van der Waals surface area contributed by atoms with Crippen molar-refractivity contribution in [1.29, 1.82) is 0 Å². The SMILES string of the molecule is CCNC(=NCc1csc(N(C)C)n1)NCCCCn1ccnc1C.I. The fourth-order valence-electron chi connectivity index (χ4n) is 2.33. The summed E-state index contributed by atoms with van der Waals surface area (Å²) in [4.78, 5) is 15.4. The van der Waals surface area contributed by atoms with Gasteiger partial charge in [-0.25, -0.2) is 15.0 Å². The van der Waals surface area contributed by atoms with E-state index in [4.69, 9.17) is 0 Å². The van der Waals surface area contributed by atoms with E-state index in [-0.39, 0.29) is 24.0 Å². The number of nitrogens with zero attached hydrogens (tertiary/aromatic N) is 5. The van der Waals surface area contributed by atoms with Gasteiger partial charge in [0.05, 0.1) is 12.2 Å². The van der Waals surface area contributed by atoms with Crippen LogP contribution < -0.4 is 15.5 Å². The minimum absolute atomic E-state index is 0. The van der Waals surface area contributed by atoms with Crippen LogP contribution in [0.2, 0.25) is 0 Å². The number of aryl methyl sites for hydroxylation is 2. The van der Waals surface area contributed by atoms with Gasteiger partial charge in [0.25, 0.3) is 0 Å². The Labute approximate surface area is 177 Å². The van der Waals surface area contributed by atoms with Crippen molar-refractivity contribution in [2.75, 3.05) is 32.1 Å². The molecule has 0 amide bonds. The molecular weight excluding hydrogens is 461 g/mol. The van der Waals surface area contributed by atoms with Gasteiger partial charge in [-0.05, 0) is 26.7 Å². The van der Waals surface area contributed by atoms with Crippen LogP contribution in [0.15, 0.2) is 22.8 Å². The molecule has 2 aromatic heterocycles. The lowest BCUT2D eigenvalue weighted by Gasteiger charge is -2.11. The molecule has 0 saturated carbocycles. The molecule has 0 fully saturated rings. The molecule has 0 aliphatic heterocycles. The molecule has 0 saturated heterocycles. The Morgan fingerprint density at radius 3 is 2.73 bits per heavy atom. The zero-order valence-electron chi connectivity index (χ0n) is 16.0. The number of hydrogen-bond acceptors (Lipinski definition) is 5. The van der Waals surface area contributed by atoms with Gasteiger partial charge < -0.3 is 20.1 Å². The van der Waals surface area contributed by atoms with Crippen LogP contribution in [0.1, 0.15) is 31.3 Å². The summed E-state index contributed by atoms with van der Waals surface area (Å²) in [5.41, 5.74) is 1.00. The first-order valence-corrected chi connectivity index (χ1v) is 9.59. The fourth-order valence-corrected chi connectivity index (χ4v) is 3.08. The van der Waals surface area contributed by atoms with Crippen LogP contribution >= 0.6 is 35.3 Å². The van der Waals surface area contributed by atoms with Crippen LogP contribution in [-0.2, 0) is 13.1 Å². The van der Waals surface area contributed by atoms with Gasteiger partial charge in [-0.3, -0.25) is 0 Å². The van der Waals surface area contributed by atoms with Crippen molar-refractivity contribution in [3.8, 4) is 0 Å². The number of unbranched alkanes of at least 4 members (excludes halogenated alkanes) is 1.